The van der Waals surface area contributed by atoms with E-state index < -0.39 is 0 Å². The highest BCUT2D eigenvalue weighted by Gasteiger charge is 1.94. The predicted molar refractivity (Wildman–Crippen MR) is 59.7 cm³/mol. The van der Waals surface area contributed by atoms with E-state index in [2.05, 4.69) is 13.8 Å². The molecule has 0 heterocycles. The minimum atomic E-state index is 0.618. The second-order valence-electron chi connectivity index (χ2n) is 4.41. The zero-order chi connectivity index (χ0) is 9.94. The molecule has 0 unspecified atom stereocenters. The van der Waals surface area contributed by atoms with Crippen molar-refractivity contribution in [3.05, 3.63) is 0 Å². The van der Waals surface area contributed by atoms with Gasteiger partial charge in [0, 0.05) is 6.54 Å². The molecule has 79 valence electrons. The fraction of sp³-hybridized carbons (Fsp3) is 1.00. The zero-order valence-corrected chi connectivity index (χ0v) is 9.44. The smallest absolute Gasteiger partial charge is 0.00997 e. The molecule has 0 aromatic heterocycles. The second-order valence-corrected chi connectivity index (χ2v) is 4.41. The van der Waals surface area contributed by atoms with Gasteiger partial charge in [0.05, 0.1) is 0 Å². The van der Waals surface area contributed by atoms with Crippen LogP contribution in [0.15, 0.2) is 0 Å². The first-order valence-corrected chi connectivity index (χ1v) is 5.92. The largest absolute Gasteiger partial charge is 0.258 e. The van der Waals surface area contributed by atoms with Crippen LogP contribution in [0.1, 0.15) is 65.2 Å². The Morgan fingerprint density at radius 2 is 1.23 bits per heavy atom. The Morgan fingerprint density at radius 1 is 0.769 bits per heavy atom. The number of unbranched alkanes of at least 4 members (excludes halogenated alkanes) is 6. The van der Waals surface area contributed by atoms with Gasteiger partial charge in [-0.1, -0.05) is 58.8 Å². The summed E-state index contributed by atoms with van der Waals surface area (Å²) in [5.74, 6) is 0.878. The summed E-state index contributed by atoms with van der Waals surface area (Å²) in [6.45, 7) is 5.22. The maximum Gasteiger partial charge on any atom is 0.00997 e. The number of hydrogen-bond donors (Lipinski definition) is 0. The van der Waals surface area contributed by atoms with Crippen LogP contribution < -0.4 is 5.73 Å². The molecule has 1 nitrogen and oxygen atoms in total. The summed E-state index contributed by atoms with van der Waals surface area (Å²) in [6.07, 6.45) is 10.7. The number of rotatable bonds is 9. The Bertz CT molecular complexity index is 89.1. The molecule has 0 amide bonds. The average molecular weight is 184 g/mol. The molecule has 1 heteroatoms. The number of nitrogens with one attached hydrogen (secondary N) is 1. The van der Waals surface area contributed by atoms with E-state index in [1.54, 1.807) is 0 Å². The van der Waals surface area contributed by atoms with Crippen LogP contribution in [0.2, 0.25) is 0 Å². The van der Waals surface area contributed by atoms with Crippen molar-refractivity contribution in [3.8, 4) is 0 Å². The lowest BCUT2D eigenvalue weighted by atomic mass is 10.0. The predicted octanol–water partition coefficient (Wildman–Crippen LogP) is 4.05. The van der Waals surface area contributed by atoms with Crippen LogP contribution >= 0.6 is 0 Å². The normalized spacial score (nSPS) is 11.1. The molecule has 0 aromatic carbocycles. The topological polar surface area (TPSA) is 23.8 Å². The minimum absolute atomic E-state index is 0.618. The summed E-state index contributed by atoms with van der Waals surface area (Å²) in [5.41, 5.74) is 7.00. The lowest BCUT2D eigenvalue weighted by molar-refractivity contribution is 0.509. The van der Waals surface area contributed by atoms with Crippen LogP contribution in [-0.4, -0.2) is 6.54 Å². The van der Waals surface area contributed by atoms with E-state index in [1.807, 2.05) is 0 Å². The van der Waals surface area contributed by atoms with Crippen molar-refractivity contribution in [2.24, 2.45) is 5.92 Å². The summed E-state index contributed by atoms with van der Waals surface area (Å²) in [7, 11) is 0. The van der Waals surface area contributed by atoms with Crippen molar-refractivity contribution in [1.82, 2.24) is 5.73 Å². The molecule has 13 heavy (non-hydrogen) atoms. The van der Waals surface area contributed by atoms with Gasteiger partial charge in [-0.15, -0.1) is 0 Å². The SMILES string of the molecule is CC(C)CCCCCCCCC[NH]. The fourth-order valence-corrected chi connectivity index (χ4v) is 1.56. The highest BCUT2D eigenvalue weighted by molar-refractivity contribution is 4.49. The van der Waals surface area contributed by atoms with Gasteiger partial charge in [-0.25, -0.2) is 0 Å². The zero-order valence-electron chi connectivity index (χ0n) is 9.44. The standard InChI is InChI=1S/C12H26N/c1-12(2)10-8-6-4-3-5-7-9-11-13/h12-13H,3-11H2,1-2H3. The molecule has 0 aliphatic heterocycles. The molecule has 0 aliphatic rings. The van der Waals surface area contributed by atoms with Gasteiger partial charge in [0.1, 0.15) is 0 Å². The molecule has 0 aliphatic carbocycles. The molecule has 1 N–H and O–H groups in total. The van der Waals surface area contributed by atoms with Crippen LogP contribution in [0.25, 0.3) is 0 Å². The molecule has 0 aromatic rings. The van der Waals surface area contributed by atoms with Gasteiger partial charge in [-0.05, 0) is 12.3 Å². The summed E-state index contributed by atoms with van der Waals surface area (Å²) in [6, 6.07) is 0. The molecule has 0 spiro atoms. The van der Waals surface area contributed by atoms with Gasteiger partial charge in [-0.2, -0.15) is 0 Å². The van der Waals surface area contributed by atoms with Crippen LogP contribution in [0.3, 0.4) is 0 Å². The highest BCUT2D eigenvalue weighted by Crippen LogP contribution is 2.11. The quantitative estimate of drug-likeness (QED) is 0.483. The molecule has 0 bridgehead atoms. The van der Waals surface area contributed by atoms with E-state index in [0.29, 0.717) is 6.54 Å². The van der Waals surface area contributed by atoms with E-state index in [9.17, 15) is 0 Å². The second kappa shape index (κ2) is 10.0. The van der Waals surface area contributed by atoms with Crippen LogP contribution in [0.5, 0.6) is 0 Å². The molecule has 0 saturated heterocycles. The summed E-state index contributed by atoms with van der Waals surface area (Å²) in [4.78, 5) is 0. The van der Waals surface area contributed by atoms with E-state index >= 15 is 0 Å². The maximum atomic E-state index is 7.00. The van der Waals surface area contributed by atoms with Crippen molar-refractivity contribution in [2.75, 3.05) is 6.54 Å². The van der Waals surface area contributed by atoms with Crippen LogP contribution in [0, 0.1) is 5.92 Å². The van der Waals surface area contributed by atoms with Gasteiger partial charge in [0.25, 0.3) is 0 Å². The Labute approximate surface area is 84.1 Å². The Morgan fingerprint density at radius 3 is 1.69 bits per heavy atom. The van der Waals surface area contributed by atoms with E-state index in [4.69, 9.17) is 5.73 Å². The summed E-state index contributed by atoms with van der Waals surface area (Å²) in [5, 5.41) is 0. The van der Waals surface area contributed by atoms with Crippen LogP contribution in [0.4, 0.5) is 0 Å². The maximum absolute atomic E-state index is 7.00. The van der Waals surface area contributed by atoms with Gasteiger partial charge >= 0.3 is 0 Å². The van der Waals surface area contributed by atoms with Gasteiger partial charge in [-0.3, -0.25) is 5.73 Å². The Hall–Kier alpha value is -0.0400. The first-order valence-electron chi connectivity index (χ1n) is 5.92. The van der Waals surface area contributed by atoms with Crippen molar-refractivity contribution < 1.29 is 0 Å². The fourth-order valence-electron chi connectivity index (χ4n) is 1.56. The average Bonchev–Trinajstić information content (AvgIpc) is 2.09. The monoisotopic (exact) mass is 184 g/mol. The molecule has 0 fully saturated rings. The number of hydrogen-bond acceptors (Lipinski definition) is 0. The Kier molecular flexibility index (Phi) is 10.0. The van der Waals surface area contributed by atoms with Crippen molar-refractivity contribution in [2.45, 2.75) is 65.2 Å². The first-order chi connectivity index (χ1) is 6.27. The minimum Gasteiger partial charge on any atom is -0.258 e. The molecule has 0 atom stereocenters. The van der Waals surface area contributed by atoms with E-state index in [1.165, 1.54) is 44.9 Å². The Balaban J connectivity index is 2.84. The van der Waals surface area contributed by atoms with E-state index in [-0.39, 0.29) is 0 Å². The van der Waals surface area contributed by atoms with Gasteiger partial charge < -0.3 is 0 Å². The van der Waals surface area contributed by atoms with Crippen molar-refractivity contribution in [1.29, 1.82) is 0 Å². The van der Waals surface area contributed by atoms with Gasteiger partial charge in [0.15, 0.2) is 0 Å². The highest BCUT2D eigenvalue weighted by atomic mass is 14.5. The third kappa shape index (κ3) is 12.0. The lowest BCUT2D eigenvalue weighted by Gasteiger charge is -2.03. The van der Waals surface area contributed by atoms with Crippen LogP contribution in [-0.2, 0) is 0 Å². The van der Waals surface area contributed by atoms with Crippen molar-refractivity contribution in [3.63, 3.8) is 0 Å². The molecule has 1 radical (unpaired) electrons. The molecule has 0 rings (SSSR count). The molecular formula is C12H26N. The molecule has 0 saturated carbocycles. The summed E-state index contributed by atoms with van der Waals surface area (Å²) >= 11 is 0. The van der Waals surface area contributed by atoms with Crippen molar-refractivity contribution >= 4 is 0 Å². The molecular weight excluding hydrogens is 158 g/mol. The third-order valence-corrected chi connectivity index (χ3v) is 2.46. The van der Waals surface area contributed by atoms with Gasteiger partial charge in [0.2, 0.25) is 0 Å². The van der Waals surface area contributed by atoms with E-state index in [0.717, 1.165) is 12.3 Å². The lowest BCUT2D eigenvalue weighted by Crippen LogP contribution is -1.88. The first kappa shape index (κ1) is 13.0. The third-order valence-electron chi connectivity index (χ3n) is 2.46. The summed E-state index contributed by atoms with van der Waals surface area (Å²) < 4.78 is 0.